The highest BCUT2D eigenvalue weighted by Crippen LogP contribution is 2.25. The van der Waals surface area contributed by atoms with Crippen LogP contribution in [0.4, 0.5) is 0 Å². The number of aromatic nitrogens is 2. The predicted octanol–water partition coefficient (Wildman–Crippen LogP) is 5.49. The van der Waals surface area contributed by atoms with Gasteiger partial charge in [0.05, 0.1) is 22.6 Å². The molecule has 0 saturated carbocycles. The summed E-state index contributed by atoms with van der Waals surface area (Å²) >= 11 is 0. The summed E-state index contributed by atoms with van der Waals surface area (Å²) in [5, 5.41) is 0.582. The van der Waals surface area contributed by atoms with Gasteiger partial charge in [0, 0.05) is 13.0 Å². The summed E-state index contributed by atoms with van der Waals surface area (Å²) in [5.74, 6) is 0.689. The number of para-hydroxylation sites is 1. The molecule has 5 heteroatoms. The lowest BCUT2D eigenvalue weighted by Gasteiger charge is -2.31. The fourth-order valence-electron chi connectivity index (χ4n) is 4.03. The van der Waals surface area contributed by atoms with Crippen molar-refractivity contribution in [3.63, 3.8) is 0 Å². The second-order valence-corrected chi connectivity index (χ2v) is 8.24. The van der Waals surface area contributed by atoms with Gasteiger partial charge in [-0.15, -0.1) is 0 Å². The van der Waals surface area contributed by atoms with Crippen LogP contribution in [-0.4, -0.2) is 26.9 Å². The molecule has 0 N–H and O–H groups in total. The number of hydrogen-bond donors (Lipinski definition) is 0. The van der Waals surface area contributed by atoms with E-state index in [4.69, 9.17) is 4.98 Å². The average Bonchev–Trinajstić information content (AvgIpc) is 2.77. The zero-order valence-corrected chi connectivity index (χ0v) is 19.3. The highest BCUT2D eigenvalue weighted by atomic mass is 16.2. The molecule has 1 aromatic heterocycles. The van der Waals surface area contributed by atoms with Gasteiger partial charge in [-0.1, -0.05) is 51.0 Å². The van der Waals surface area contributed by atoms with E-state index in [1.54, 1.807) is 4.57 Å². The maximum Gasteiger partial charge on any atom is 0.266 e. The number of fused-ring (bicyclic) bond motifs is 1. The minimum absolute atomic E-state index is 0.0820. The summed E-state index contributed by atoms with van der Waals surface area (Å²) in [7, 11) is 0. The highest BCUT2D eigenvalue weighted by molar-refractivity contribution is 5.79. The van der Waals surface area contributed by atoms with Crippen molar-refractivity contribution < 1.29 is 4.79 Å². The molecule has 1 unspecified atom stereocenters. The Morgan fingerprint density at radius 1 is 1.10 bits per heavy atom. The molecule has 2 aromatic carbocycles. The van der Waals surface area contributed by atoms with Gasteiger partial charge in [-0.05, 0) is 56.5 Å². The van der Waals surface area contributed by atoms with Crippen LogP contribution in [0.5, 0.6) is 0 Å². The molecule has 0 spiro atoms. The van der Waals surface area contributed by atoms with E-state index in [0.717, 1.165) is 36.1 Å². The molecule has 1 atom stereocenters. The van der Waals surface area contributed by atoms with E-state index in [0.29, 0.717) is 29.7 Å². The lowest BCUT2D eigenvalue weighted by molar-refractivity contribution is -0.133. The standard InChI is InChI=1S/C26H33N3O2/c1-6-8-11-16-28(24(30)7-2)20(5)25-27-22-13-10-9-12-21(22)26(31)29(25)23-17-18(3)14-15-19(23)4/h9-10,12-15,17,20H,6-8,11,16H2,1-5H3. The molecule has 1 amide bonds. The van der Waals surface area contributed by atoms with Crippen LogP contribution in [0.1, 0.15) is 69.4 Å². The van der Waals surface area contributed by atoms with Gasteiger partial charge >= 0.3 is 0 Å². The van der Waals surface area contributed by atoms with Crippen LogP contribution in [0.15, 0.2) is 47.3 Å². The van der Waals surface area contributed by atoms with E-state index in [1.807, 2.05) is 75.1 Å². The Morgan fingerprint density at radius 2 is 1.84 bits per heavy atom. The van der Waals surface area contributed by atoms with Crippen LogP contribution in [0.3, 0.4) is 0 Å². The van der Waals surface area contributed by atoms with Gasteiger partial charge in [-0.25, -0.2) is 4.98 Å². The van der Waals surface area contributed by atoms with Gasteiger partial charge < -0.3 is 4.90 Å². The van der Waals surface area contributed by atoms with Gasteiger partial charge in [0.1, 0.15) is 5.82 Å². The van der Waals surface area contributed by atoms with Crippen molar-refractivity contribution in [1.82, 2.24) is 14.5 Å². The van der Waals surface area contributed by atoms with Crippen LogP contribution in [0, 0.1) is 13.8 Å². The molecule has 164 valence electrons. The quantitative estimate of drug-likeness (QED) is 0.454. The number of aryl methyl sites for hydroxylation is 2. The Labute approximate surface area is 184 Å². The third-order valence-electron chi connectivity index (χ3n) is 5.87. The molecule has 1 heterocycles. The van der Waals surface area contributed by atoms with Crippen LogP contribution in [-0.2, 0) is 4.79 Å². The van der Waals surface area contributed by atoms with Crippen molar-refractivity contribution in [1.29, 1.82) is 0 Å². The number of carbonyl (C=O) groups is 1. The normalized spacial score (nSPS) is 12.2. The zero-order chi connectivity index (χ0) is 22.5. The highest BCUT2D eigenvalue weighted by Gasteiger charge is 2.26. The summed E-state index contributed by atoms with van der Waals surface area (Å²) in [4.78, 5) is 33.3. The molecule has 3 aromatic rings. The summed E-state index contributed by atoms with van der Waals surface area (Å²) in [6.45, 7) is 10.7. The van der Waals surface area contributed by atoms with Crippen molar-refractivity contribution in [3.8, 4) is 5.69 Å². The van der Waals surface area contributed by atoms with Gasteiger partial charge in [-0.3, -0.25) is 14.2 Å². The molecule has 31 heavy (non-hydrogen) atoms. The molecule has 0 aliphatic heterocycles. The molecule has 0 saturated heterocycles. The Bertz CT molecular complexity index is 1130. The first-order chi connectivity index (χ1) is 14.9. The van der Waals surface area contributed by atoms with E-state index < -0.39 is 0 Å². The van der Waals surface area contributed by atoms with Gasteiger partial charge in [-0.2, -0.15) is 0 Å². The number of carbonyl (C=O) groups excluding carboxylic acids is 1. The van der Waals surface area contributed by atoms with E-state index in [1.165, 1.54) is 0 Å². The maximum atomic E-state index is 13.7. The molecule has 0 bridgehead atoms. The van der Waals surface area contributed by atoms with E-state index in [-0.39, 0.29) is 17.5 Å². The molecule has 0 radical (unpaired) electrons. The third kappa shape index (κ3) is 4.71. The number of unbranched alkanes of at least 4 members (excludes halogenated alkanes) is 2. The number of nitrogens with zero attached hydrogens (tertiary/aromatic N) is 3. The van der Waals surface area contributed by atoms with Crippen LogP contribution in [0.2, 0.25) is 0 Å². The monoisotopic (exact) mass is 419 g/mol. The van der Waals surface area contributed by atoms with E-state index >= 15 is 0 Å². The molecule has 0 aliphatic carbocycles. The summed E-state index contributed by atoms with van der Waals surface area (Å²) < 4.78 is 1.71. The minimum atomic E-state index is -0.318. The number of hydrogen-bond acceptors (Lipinski definition) is 3. The van der Waals surface area contributed by atoms with Crippen LogP contribution < -0.4 is 5.56 Å². The van der Waals surface area contributed by atoms with E-state index in [2.05, 4.69) is 6.92 Å². The molecular weight excluding hydrogens is 386 g/mol. The SMILES string of the molecule is CCCCCN(C(=O)CC)C(C)c1nc2ccccc2c(=O)n1-c1cc(C)ccc1C. The molecule has 0 fully saturated rings. The third-order valence-corrected chi connectivity index (χ3v) is 5.87. The topological polar surface area (TPSA) is 55.2 Å². The lowest BCUT2D eigenvalue weighted by Crippen LogP contribution is -2.38. The van der Waals surface area contributed by atoms with E-state index in [9.17, 15) is 9.59 Å². The minimum Gasteiger partial charge on any atom is -0.333 e. The molecule has 0 aliphatic rings. The summed E-state index contributed by atoms with van der Waals surface area (Å²) in [5.41, 5.74) is 3.45. The van der Waals surface area contributed by atoms with Crippen LogP contribution in [0.25, 0.3) is 16.6 Å². The van der Waals surface area contributed by atoms with Crippen molar-refractivity contribution in [3.05, 3.63) is 69.8 Å². The Balaban J connectivity index is 2.25. The second-order valence-electron chi connectivity index (χ2n) is 8.24. The summed E-state index contributed by atoms with van der Waals surface area (Å²) in [6, 6.07) is 13.2. The van der Waals surface area contributed by atoms with Gasteiger partial charge in [0.15, 0.2) is 0 Å². The van der Waals surface area contributed by atoms with Gasteiger partial charge in [0.2, 0.25) is 5.91 Å². The Hall–Kier alpha value is -2.95. The summed E-state index contributed by atoms with van der Waals surface area (Å²) in [6.07, 6.45) is 3.52. The van der Waals surface area contributed by atoms with Crippen LogP contribution >= 0.6 is 0 Å². The van der Waals surface area contributed by atoms with Crippen molar-refractivity contribution in [2.75, 3.05) is 6.54 Å². The van der Waals surface area contributed by atoms with Crippen molar-refractivity contribution >= 4 is 16.8 Å². The zero-order valence-electron chi connectivity index (χ0n) is 19.3. The predicted molar refractivity (Wildman–Crippen MR) is 127 cm³/mol. The Morgan fingerprint density at radius 3 is 2.55 bits per heavy atom. The number of benzene rings is 2. The van der Waals surface area contributed by atoms with Crippen molar-refractivity contribution in [2.24, 2.45) is 0 Å². The lowest BCUT2D eigenvalue weighted by atomic mass is 10.1. The number of rotatable bonds is 8. The van der Waals surface area contributed by atoms with Crippen molar-refractivity contribution in [2.45, 2.75) is 66.3 Å². The average molecular weight is 420 g/mol. The first-order valence-corrected chi connectivity index (χ1v) is 11.3. The van der Waals surface area contributed by atoms with Gasteiger partial charge in [0.25, 0.3) is 5.56 Å². The molecular formula is C26H33N3O2. The molecule has 3 rings (SSSR count). The largest absolute Gasteiger partial charge is 0.333 e. The first-order valence-electron chi connectivity index (χ1n) is 11.3. The fraction of sp³-hybridized carbons (Fsp3) is 0.423. The fourth-order valence-corrected chi connectivity index (χ4v) is 4.03. The number of amides is 1. The Kier molecular flexibility index (Phi) is 7.26. The first kappa shape index (κ1) is 22.7. The smallest absolute Gasteiger partial charge is 0.266 e. The second kappa shape index (κ2) is 9.90. The molecule has 5 nitrogen and oxygen atoms in total. The maximum absolute atomic E-state index is 13.7.